The zero-order chi connectivity index (χ0) is 16.0. The topological polar surface area (TPSA) is 56.2 Å². The fourth-order valence-corrected chi connectivity index (χ4v) is 2.52. The Balaban J connectivity index is 2.82. The molecule has 5 nitrogen and oxygen atoms in total. The number of hydrogen-bond donors (Lipinski definition) is 1. The Labute approximate surface area is 128 Å². The Morgan fingerprint density at radius 3 is 2.62 bits per heavy atom. The van der Waals surface area contributed by atoms with Gasteiger partial charge in [0, 0.05) is 30.9 Å². The first-order valence-corrected chi connectivity index (χ1v) is 7.76. The fourth-order valence-electron chi connectivity index (χ4n) is 2.52. The molecular weight excluding hydrogens is 266 g/mol. The number of esters is 1. The van der Waals surface area contributed by atoms with Crippen molar-refractivity contribution in [2.24, 2.45) is 0 Å². The van der Waals surface area contributed by atoms with Gasteiger partial charge in [-0.1, -0.05) is 13.8 Å². The molecule has 21 heavy (non-hydrogen) atoms. The van der Waals surface area contributed by atoms with Crippen molar-refractivity contribution < 1.29 is 9.53 Å². The predicted molar refractivity (Wildman–Crippen MR) is 84.2 cm³/mol. The molecule has 1 atom stereocenters. The minimum absolute atomic E-state index is 0.190. The van der Waals surface area contributed by atoms with E-state index in [0.29, 0.717) is 18.9 Å². The summed E-state index contributed by atoms with van der Waals surface area (Å²) >= 11 is 0. The Kier molecular flexibility index (Phi) is 6.40. The third-order valence-corrected chi connectivity index (χ3v) is 3.45. The number of ether oxygens (including phenoxy) is 1. The van der Waals surface area contributed by atoms with Crippen molar-refractivity contribution in [2.75, 3.05) is 6.61 Å². The predicted octanol–water partition coefficient (Wildman–Crippen LogP) is 2.72. The van der Waals surface area contributed by atoms with Gasteiger partial charge in [-0.15, -0.1) is 0 Å². The molecule has 1 aromatic heterocycles. The van der Waals surface area contributed by atoms with E-state index < -0.39 is 5.54 Å². The molecule has 1 N–H and O–H groups in total. The molecule has 0 amide bonds. The lowest BCUT2D eigenvalue weighted by Gasteiger charge is -2.31. The Morgan fingerprint density at radius 1 is 1.43 bits per heavy atom. The number of carbonyl (C=O) groups is 1. The van der Waals surface area contributed by atoms with Crippen LogP contribution in [0, 0.1) is 0 Å². The first kappa shape index (κ1) is 17.7. The third kappa shape index (κ3) is 4.84. The van der Waals surface area contributed by atoms with Crippen LogP contribution in [0.25, 0.3) is 0 Å². The standard InChI is InChI=1S/C16H29N3O2/c1-7-21-15(20)16(6,18-13(4)5)8-10-19-11-9-17-14(19)12(2)3/h9,11-13,18H,7-8,10H2,1-6H3. The van der Waals surface area contributed by atoms with Crippen molar-refractivity contribution in [1.82, 2.24) is 14.9 Å². The summed E-state index contributed by atoms with van der Waals surface area (Å²) in [5, 5.41) is 3.34. The summed E-state index contributed by atoms with van der Waals surface area (Å²) in [4.78, 5) is 16.7. The zero-order valence-electron chi connectivity index (χ0n) is 14.1. The molecule has 5 heteroatoms. The fraction of sp³-hybridized carbons (Fsp3) is 0.750. The summed E-state index contributed by atoms with van der Waals surface area (Å²) in [6.07, 6.45) is 4.45. The first-order valence-electron chi connectivity index (χ1n) is 7.76. The molecule has 1 heterocycles. The van der Waals surface area contributed by atoms with E-state index in [-0.39, 0.29) is 12.0 Å². The summed E-state index contributed by atoms with van der Waals surface area (Å²) < 4.78 is 7.34. The molecule has 0 aliphatic carbocycles. The maximum atomic E-state index is 12.3. The lowest BCUT2D eigenvalue weighted by molar-refractivity contribution is -0.151. The van der Waals surface area contributed by atoms with E-state index in [4.69, 9.17) is 4.74 Å². The van der Waals surface area contributed by atoms with Crippen LogP contribution in [0.15, 0.2) is 12.4 Å². The smallest absolute Gasteiger partial charge is 0.326 e. The van der Waals surface area contributed by atoms with E-state index in [1.54, 1.807) is 0 Å². The second-order valence-electron chi connectivity index (χ2n) is 6.24. The molecular formula is C16H29N3O2. The van der Waals surface area contributed by atoms with Gasteiger partial charge in [0.15, 0.2) is 0 Å². The van der Waals surface area contributed by atoms with Gasteiger partial charge in [-0.05, 0) is 34.1 Å². The monoisotopic (exact) mass is 295 g/mol. The Morgan fingerprint density at radius 2 is 2.10 bits per heavy atom. The summed E-state index contributed by atoms with van der Waals surface area (Å²) in [5.41, 5.74) is -0.678. The van der Waals surface area contributed by atoms with Crippen molar-refractivity contribution in [2.45, 2.75) is 72.0 Å². The van der Waals surface area contributed by atoms with Crippen molar-refractivity contribution in [3.63, 3.8) is 0 Å². The highest BCUT2D eigenvalue weighted by atomic mass is 16.5. The number of aryl methyl sites for hydroxylation is 1. The molecule has 0 aliphatic heterocycles. The number of nitrogens with one attached hydrogen (secondary N) is 1. The number of nitrogens with zero attached hydrogens (tertiary/aromatic N) is 2. The molecule has 1 aromatic rings. The van der Waals surface area contributed by atoms with Crippen LogP contribution in [-0.2, 0) is 16.1 Å². The zero-order valence-corrected chi connectivity index (χ0v) is 14.1. The quantitative estimate of drug-likeness (QED) is 0.749. The normalized spacial score (nSPS) is 14.5. The minimum atomic E-state index is -0.678. The van der Waals surface area contributed by atoms with Crippen molar-refractivity contribution >= 4 is 5.97 Å². The average molecular weight is 295 g/mol. The summed E-state index contributed by atoms with van der Waals surface area (Å²) in [7, 11) is 0. The molecule has 0 aromatic carbocycles. The van der Waals surface area contributed by atoms with Crippen LogP contribution in [0.1, 0.15) is 59.7 Å². The van der Waals surface area contributed by atoms with Crippen LogP contribution < -0.4 is 5.32 Å². The number of hydrogen-bond acceptors (Lipinski definition) is 4. The molecule has 0 fully saturated rings. The van der Waals surface area contributed by atoms with Gasteiger partial charge in [0.2, 0.25) is 0 Å². The first-order chi connectivity index (χ1) is 9.80. The van der Waals surface area contributed by atoms with Crippen LogP contribution in [0.3, 0.4) is 0 Å². The molecule has 1 unspecified atom stereocenters. The van der Waals surface area contributed by atoms with Gasteiger partial charge in [-0.3, -0.25) is 10.1 Å². The molecule has 1 rings (SSSR count). The van der Waals surface area contributed by atoms with E-state index in [1.807, 2.05) is 40.1 Å². The largest absolute Gasteiger partial charge is 0.465 e. The molecule has 120 valence electrons. The van der Waals surface area contributed by atoms with Gasteiger partial charge in [-0.25, -0.2) is 4.98 Å². The van der Waals surface area contributed by atoms with Crippen molar-refractivity contribution in [3.05, 3.63) is 18.2 Å². The van der Waals surface area contributed by atoms with E-state index in [1.165, 1.54) is 0 Å². The number of rotatable bonds is 8. The molecule has 0 saturated heterocycles. The Hall–Kier alpha value is -1.36. The van der Waals surface area contributed by atoms with Crippen LogP contribution >= 0.6 is 0 Å². The molecule has 0 saturated carbocycles. The van der Waals surface area contributed by atoms with E-state index in [9.17, 15) is 4.79 Å². The highest BCUT2D eigenvalue weighted by Crippen LogP contribution is 2.18. The minimum Gasteiger partial charge on any atom is -0.465 e. The van der Waals surface area contributed by atoms with E-state index >= 15 is 0 Å². The highest BCUT2D eigenvalue weighted by molar-refractivity contribution is 5.80. The van der Waals surface area contributed by atoms with Gasteiger partial charge in [0.1, 0.15) is 11.4 Å². The van der Waals surface area contributed by atoms with Crippen LogP contribution in [0.2, 0.25) is 0 Å². The summed E-state index contributed by atoms with van der Waals surface area (Å²) in [5.74, 6) is 1.22. The Bertz CT molecular complexity index is 454. The second kappa shape index (κ2) is 7.59. The lowest BCUT2D eigenvalue weighted by Crippen LogP contribution is -2.53. The van der Waals surface area contributed by atoms with Crippen molar-refractivity contribution in [1.29, 1.82) is 0 Å². The van der Waals surface area contributed by atoms with Gasteiger partial charge < -0.3 is 9.30 Å². The van der Waals surface area contributed by atoms with Crippen LogP contribution in [0.5, 0.6) is 0 Å². The molecule has 0 aliphatic rings. The molecule has 0 bridgehead atoms. The second-order valence-corrected chi connectivity index (χ2v) is 6.24. The number of imidazole rings is 1. The number of aromatic nitrogens is 2. The average Bonchev–Trinajstić information content (AvgIpc) is 2.84. The SMILES string of the molecule is CCOC(=O)C(C)(CCn1ccnc1C(C)C)NC(C)C. The summed E-state index contributed by atoms with van der Waals surface area (Å²) in [6.45, 7) is 13.2. The van der Waals surface area contributed by atoms with Crippen LogP contribution in [-0.4, -0.2) is 33.7 Å². The summed E-state index contributed by atoms with van der Waals surface area (Å²) in [6, 6.07) is 0.215. The lowest BCUT2D eigenvalue weighted by atomic mass is 9.96. The van der Waals surface area contributed by atoms with Crippen molar-refractivity contribution in [3.8, 4) is 0 Å². The van der Waals surface area contributed by atoms with Gasteiger partial charge in [0.05, 0.1) is 6.61 Å². The van der Waals surface area contributed by atoms with Gasteiger partial charge >= 0.3 is 5.97 Å². The number of carbonyl (C=O) groups excluding carboxylic acids is 1. The maximum absolute atomic E-state index is 12.3. The van der Waals surface area contributed by atoms with Gasteiger partial charge in [0.25, 0.3) is 0 Å². The molecule has 0 radical (unpaired) electrons. The van der Waals surface area contributed by atoms with E-state index in [0.717, 1.165) is 12.4 Å². The van der Waals surface area contributed by atoms with Crippen LogP contribution in [0.4, 0.5) is 0 Å². The highest BCUT2D eigenvalue weighted by Gasteiger charge is 2.35. The maximum Gasteiger partial charge on any atom is 0.326 e. The molecule has 0 spiro atoms. The third-order valence-electron chi connectivity index (χ3n) is 3.45. The van der Waals surface area contributed by atoms with Gasteiger partial charge in [-0.2, -0.15) is 0 Å². The van der Waals surface area contributed by atoms with E-state index in [2.05, 4.69) is 28.7 Å².